The van der Waals surface area contributed by atoms with Crippen LogP contribution in [0.2, 0.25) is 0 Å². The lowest BCUT2D eigenvalue weighted by Gasteiger charge is -2.37. The van der Waals surface area contributed by atoms with E-state index in [4.69, 9.17) is 4.74 Å². The van der Waals surface area contributed by atoms with Gasteiger partial charge in [0.25, 0.3) is 5.91 Å². The van der Waals surface area contributed by atoms with Gasteiger partial charge in [-0.2, -0.15) is 5.10 Å². The summed E-state index contributed by atoms with van der Waals surface area (Å²) in [4.78, 5) is 32.1. The van der Waals surface area contributed by atoms with E-state index < -0.39 is 5.60 Å². The number of piperidine rings is 1. The molecule has 37 heavy (non-hydrogen) atoms. The van der Waals surface area contributed by atoms with Crippen molar-refractivity contribution in [2.24, 2.45) is 0 Å². The van der Waals surface area contributed by atoms with Crippen LogP contribution in [0.25, 0.3) is 0 Å². The number of rotatable bonds is 3. The summed E-state index contributed by atoms with van der Waals surface area (Å²) in [6, 6.07) is 6.49. The zero-order valence-electron chi connectivity index (χ0n) is 23.0. The van der Waals surface area contributed by atoms with Crippen molar-refractivity contribution in [1.29, 1.82) is 0 Å². The predicted molar refractivity (Wildman–Crippen MR) is 142 cm³/mol. The molecule has 2 aromatic rings. The molecule has 2 aliphatic rings. The van der Waals surface area contributed by atoms with Crippen LogP contribution in [0.5, 0.6) is 0 Å². The third-order valence-corrected chi connectivity index (χ3v) is 6.96. The van der Waals surface area contributed by atoms with Gasteiger partial charge in [0, 0.05) is 50.9 Å². The zero-order chi connectivity index (χ0) is 27.0. The van der Waals surface area contributed by atoms with Gasteiger partial charge in [0.1, 0.15) is 11.4 Å². The Labute approximate surface area is 219 Å². The van der Waals surface area contributed by atoms with Crippen molar-refractivity contribution < 1.29 is 18.7 Å². The van der Waals surface area contributed by atoms with Gasteiger partial charge in [0.05, 0.1) is 23.0 Å². The molecule has 2 fully saturated rings. The normalized spacial score (nSPS) is 17.8. The first-order chi connectivity index (χ1) is 17.3. The number of benzene rings is 1. The van der Waals surface area contributed by atoms with E-state index in [2.05, 4.69) is 30.8 Å². The predicted octanol–water partition coefficient (Wildman–Crippen LogP) is 4.85. The maximum Gasteiger partial charge on any atom is 0.410 e. The summed E-state index contributed by atoms with van der Waals surface area (Å²) in [6.45, 7) is 15.6. The molecule has 2 aliphatic heterocycles. The SMILES string of the molecule is CC(C)(C)OC(=O)N1CCC(c2c(C(=O)N3CCN(c4ccc(F)cc4)CC3)cnn2C(C)(C)C)CC1. The highest BCUT2D eigenvalue weighted by molar-refractivity contribution is 5.95. The minimum absolute atomic E-state index is 0.00109. The summed E-state index contributed by atoms with van der Waals surface area (Å²) in [6.07, 6.45) is 2.93. The second-order valence-electron chi connectivity index (χ2n) is 12.0. The van der Waals surface area contributed by atoms with E-state index in [0.29, 0.717) is 44.8 Å². The van der Waals surface area contributed by atoms with E-state index in [1.54, 1.807) is 23.2 Å². The van der Waals surface area contributed by atoms with Crippen molar-refractivity contribution >= 4 is 17.7 Å². The van der Waals surface area contributed by atoms with Crippen molar-refractivity contribution in [1.82, 2.24) is 19.6 Å². The molecule has 0 saturated carbocycles. The van der Waals surface area contributed by atoms with Crippen LogP contribution in [0.3, 0.4) is 0 Å². The fourth-order valence-electron chi connectivity index (χ4n) is 5.10. The average Bonchev–Trinajstić information content (AvgIpc) is 3.29. The number of carbonyl (C=O) groups excluding carboxylic acids is 2. The summed E-state index contributed by atoms with van der Waals surface area (Å²) < 4.78 is 20.9. The van der Waals surface area contributed by atoms with Crippen molar-refractivity contribution in [3.05, 3.63) is 47.5 Å². The Bertz CT molecular complexity index is 1100. The van der Waals surface area contributed by atoms with Gasteiger partial charge in [-0.1, -0.05) is 0 Å². The number of halogens is 1. The van der Waals surface area contributed by atoms with Gasteiger partial charge in [-0.3, -0.25) is 9.48 Å². The van der Waals surface area contributed by atoms with Crippen LogP contribution >= 0.6 is 0 Å². The van der Waals surface area contributed by atoms with Gasteiger partial charge in [-0.25, -0.2) is 9.18 Å². The van der Waals surface area contributed by atoms with Crippen LogP contribution in [-0.2, 0) is 10.3 Å². The van der Waals surface area contributed by atoms with E-state index in [1.807, 2.05) is 30.4 Å². The number of piperazine rings is 1. The molecule has 202 valence electrons. The minimum atomic E-state index is -0.529. The van der Waals surface area contributed by atoms with Gasteiger partial charge in [0.15, 0.2) is 0 Å². The van der Waals surface area contributed by atoms with Gasteiger partial charge < -0.3 is 19.4 Å². The molecule has 0 atom stereocenters. The smallest absolute Gasteiger partial charge is 0.410 e. The number of anilines is 1. The Morgan fingerprint density at radius 1 is 0.892 bits per heavy atom. The van der Waals surface area contributed by atoms with E-state index in [-0.39, 0.29) is 29.3 Å². The van der Waals surface area contributed by atoms with Gasteiger partial charge >= 0.3 is 6.09 Å². The number of nitrogens with zero attached hydrogens (tertiary/aromatic N) is 5. The molecule has 0 unspecified atom stereocenters. The topological polar surface area (TPSA) is 70.9 Å². The molecule has 0 radical (unpaired) electrons. The molecular formula is C28H40FN5O3. The maximum atomic E-state index is 13.7. The molecule has 0 bridgehead atoms. The summed E-state index contributed by atoms with van der Waals surface area (Å²) in [7, 11) is 0. The quantitative estimate of drug-likeness (QED) is 0.587. The number of aromatic nitrogens is 2. The first kappa shape index (κ1) is 26.9. The molecule has 2 saturated heterocycles. The molecule has 3 heterocycles. The largest absolute Gasteiger partial charge is 0.444 e. The lowest BCUT2D eigenvalue weighted by molar-refractivity contribution is 0.0201. The molecule has 8 nitrogen and oxygen atoms in total. The lowest BCUT2D eigenvalue weighted by Crippen LogP contribution is -2.49. The number of hydrogen-bond acceptors (Lipinski definition) is 5. The molecule has 0 aliphatic carbocycles. The van der Waals surface area contributed by atoms with Crippen molar-refractivity contribution in [2.75, 3.05) is 44.2 Å². The Morgan fingerprint density at radius 2 is 1.49 bits per heavy atom. The second-order valence-corrected chi connectivity index (χ2v) is 12.0. The highest BCUT2D eigenvalue weighted by atomic mass is 19.1. The molecule has 1 aromatic carbocycles. The number of carbonyl (C=O) groups is 2. The highest BCUT2D eigenvalue weighted by Crippen LogP contribution is 2.34. The summed E-state index contributed by atoms with van der Waals surface area (Å²) >= 11 is 0. The lowest BCUT2D eigenvalue weighted by atomic mass is 9.90. The van der Waals surface area contributed by atoms with E-state index in [9.17, 15) is 14.0 Å². The molecule has 0 spiro atoms. The number of likely N-dealkylation sites (tertiary alicyclic amines) is 1. The minimum Gasteiger partial charge on any atom is -0.444 e. The van der Waals surface area contributed by atoms with Crippen LogP contribution in [-0.4, -0.2) is 76.5 Å². The molecule has 2 amide bonds. The summed E-state index contributed by atoms with van der Waals surface area (Å²) in [5.74, 6) is -0.128. The monoisotopic (exact) mass is 513 g/mol. The van der Waals surface area contributed by atoms with Crippen molar-refractivity contribution in [2.45, 2.75) is 71.4 Å². The van der Waals surface area contributed by atoms with Crippen LogP contribution in [0.1, 0.15) is 76.4 Å². The van der Waals surface area contributed by atoms with Gasteiger partial charge in [-0.15, -0.1) is 0 Å². The van der Waals surface area contributed by atoms with Crippen LogP contribution in [0.15, 0.2) is 30.5 Å². The first-order valence-corrected chi connectivity index (χ1v) is 13.2. The number of hydrogen-bond donors (Lipinski definition) is 0. The van der Waals surface area contributed by atoms with Gasteiger partial charge in [-0.05, 0) is 78.6 Å². The Morgan fingerprint density at radius 3 is 2.03 bits per heavy atom. The fraction of sp³-hybridized carbons (Fsp3) is 0.607. The molecule has 9 heteroatoms. The number of ether oxygens (including phenoxy) is 1. The Kier molecular flexibility index (Phi) is 7.53. The summed E-state index contributed by atoms with van der Waals surface area (Å²) in [5, 5.41) is 4.67. The fourth-order valence-corrected chi connectivity index (χ4v) is 5.10. The third kappa shape index (κ3) is 6.25. The Balaban J connectivity index is 1.48. The average molecular weight is 514 g/mol. The standard InChI is InChI=1S/C28H40FN5O3/c1-27(2,3)34-24(20-11-13-33(14-12-20)26(36)37-28(4,5)6)23(19-30-34)25(35)32-17-15-31(16-18-32)22-9-7-21(29)8-10-22/h7-10,19-20H,11-18H2,1-6H3. The van der Waals surface area contributed by atoms with Crippen molar-refractivity contribution in [3.63, 3.8) is 0 Å². The molecule has 1 aromatic heterocycles. The summed E-state index contributed by atoms with van der Waals surface area (Å²) in [5.41, 5.74) is 1.77. The third-order valence-electron chi connectivity index (χ3n) is 6.96. The Hall–Kier alpha value is -3.10. The van der Waals surface area contributed by atoms with Crippen molar-refractivity contribution in [3.8, 4) is 0 Å². The van der Waals surface area contributed by atoms with Crippen LogP contribution < -0.4 is 4.90 Å². The molecule has 4 rings (SSSR count). The van der Waals surface area contributed by atoms with Gasteiger partial charge in [0.2, 0.25) is 0 Å². The van der Waals surface area contributed by atoms with E-state index in [1.165, 1.54) is 12.1 Å². The first-order valence-electron chi connectivity index (χ1n) is 13.2. The second kappa shape index (κ2) is 10.3. The maximum absolute atomic E-state index is 13.7. The highest BCUT2D eigenvalue weighted by Gasteiger charge is 2.35. The number of amides is 2. The van der Waals surface area contributed by atoms with Crippen LogP contribution in [0, 0.1) is 5.82 Å². The van der Waals surface area contributed by atoms with Crippen LogP contribution in [0.4, 0.5) is 14.9 Å². The van der Waals surface area contributed by atoms with E-state index >= 15 is 0 Å². The van der Waals surface area contributed by atoms with E-state index in [0.717, 1.165) is 24.2 Å². The molecular weight excluding hydrogens is 473 g/mol. The zero-order valence-corrected chi connectivity index (χ0v) is 23.0. The molecule has 0 N–H and O–H groups in total.